The van der Waals surface area contributed by atoms with Crippen molar-refractivity contribution in [3.05, 3.63) is 42.1 Å². The minimum Gasteiger partial charge on any atom is -0.479 e. The highest BCUT2D eigenvalue weighted by atomic mass is 19.4. The fraction of sp³-hybridized carbons (Fsp3) is 0.235. The molecule has 10 heteroatoms. The van der Waals surface area contributed by atoms with Gasteiger partial charge in [0.1, 0.15) is 11.3 Å². The summed E-state index contributed by atoms with van der Waals surface area (Å²) in [6, 6.07) is 7.26. The predicted molar refractivity (Wildman–Crippen MR) is 88.9 cm³/mol. The molecular weight excluding hydrogens is 367 g/mol. The first-order valence-electron chi connectivity index (χ1n) is 7.80. The molecule has 0 saturated heterocycles. The van der Waals surface area contributed by atoms with Crippen molar-refractivity contribution < 1.29 is 32.2 Å². The number of carbonyl (C=O) groups is 2. The fourth-order valence-electron chi connectivity index (χ4n) is 2.31. The third kappa shape index (κ3) is 4.46. The van der Waals surface area contributed by atoms with Crippen molar-refractivity contribution >= 4 is 23.2 Å². The number of rotatable bonds is 4. The van der Waals surface area contributed by atoms with Gasteiger partial charge in [-0.1, -0.05) is 0 Å². The number of hydrogen-bond donors (Lipinski definition) is 2. The van der Waals surface area contributed by atoms with Gasteiger partial charge in [-0.2, -0.15) is 13.2 Å². The van der Waals surface area contributed by atoms with E-state index >= 15 is 0 Å². The summed E-state index contributed by atoms with van der Waals surface area (Å²) in [6.45, 7) is 0.0313. The average Bonchev–Trinajstić information content (AvgIpc) is 2.61. The van der Waals surface area contributed by atoms with E-state index in [1.54, 1.807) is 13.0 Å². The summed E-state index contributed by atoms with van der Waals surface area (Å²) in [5.41, 5.74) is 0.520. The highest BCUT2D eigenvalue weighted by Gasteiger charge is 2.30. The number of fused-ring (bicyclic) bond motifs is 1. The summed E-state index contributed by atoms with van der Waals surface area (Å²) in [5.74, 6) is -1.04. The van der Waals surface area contributed by atoms with E-state index in [-0.39, 0.29) is 11.5 Å². The van der Waals surface area contributed by atoms with Crippen LogP contribution in [0.25, 0.3) is 0 Å². The third-order valence-electron chi connectivity index (χ3n) is 3.56. The van der Waals surface area contributed by atoms with Gasteiger partial charge in [0, 0.05) is 11.9 Å². The van der Waals surface area contributed by atoms with E-state index in [0.29, 0.717) is 17.1 Å². The second-order valence-corrected chi connectivity index (χ2v) is 5.67. The molecule has 0 bridgehead atoms. The molecule has 2 aromatic rings. The maximum Gasteiger partial charge on any atom is 0.422 e. The summed E-state index contributed by atoms with van der Waals surface area (Å²) in [5, 5.41) is 5.16. The second-order valence-electron chi connectivity index (χ2n) is 5.67. The Morgan fingerprint density at radius 3 is 2.89 bits per heavy atom. The van der Waals surface area contributed by atoms with Crippen LogP contribution in [0.1, 0.15) is 17.3 Å². The molecule has 2 amide bonds. The number of benzene rings is 1. The highest BCUT2D eigenvalue weighted by Crippen LogP contribution is 2.32. The number of pyridine rings is 1. The zero-order valence-electron chi connectivity index (χ0n) is 14.0. The van der Waals surface area contributed by atoms with Gasteiger partial charge in [-0.3, -0.25) is 9.59 Å². The zero-order valence-corrected chi connectivity index (χ0v) is 14.0. The lowest BCUT2D eigenvalue weighted by Crippen LogP contribution is -2.34. The number of alkyl halides is 3. The van der Waals surface area contributed by atoms with Crippen LogP contribution < -0.4 is 20.1 Å². The number of nitrogens with one attached hydrogen (secondary N) is 2. The van der Waals surface area contributed by atoms with Crippen molar-refractivity contribution in [3.8, 4) is 11.6 Å². The monoisotopic (exact) mass is 381 g/mol. The Morgan fingerprint density at radius 1 is 1.37 bits per heavy atom. The predicted octanol–water partition coefficient (Wildman–Crippen LogP) is 2.99. The van der Waals surface area contributed by atoms with E-state index in [2.05, 4.69) is 20.4 Å². The van der Waals surface area contributed by atoms with Crippen LogP contribution in [0.4, 0.5) is 24.5 Å². The van der Waals surface area contributed by atoms with Crippen LogP contribution in [-0.4, -0.2) is 35.7 Å². The topological polar surface area (TPSA) is 89.6 Å². The van der Waals surface area contributed by atoms with Crippen molar-refractivity contribution in [2.24, 2.45) is 0 Å². The Labute approximate surface area is 151 Å². The minimum atomic E-state index is -4.56. The molecule has 3 rings (SSSR count). The quantitative estimate of drug-likeness (QED) is 0.850. The van der Waals surface area contributed by atoms with Crippen LogP contribution in [0, 0.1) is 0 Å². The molecule has 2 heterocycles. The molecule has 0 unspecified atom stereocenters. The lowest BCUT2D eigenvalue weighted by Gasteiger charge is -2.23. The molecule has 7 nitrogen and oxygen atoms in total. The minimum absolute atomic E-state index is 0.159. The van der Waals surface area contributed by atoms with Gasteiger partial charge >= 0.3 is 6.18 Å². The van der Waals surface area contributed by atoms with E-state index < -0.39 is 30.7 Å². The second kappa shape index (κ2) is 7.14. The Hall–Kier alpha value is -3.30. The van der Waals surface area contributed by atoms with Gasteiger partial charge < -0.3 is 20.1 Å². The summed E-state index contributed by atoms with van der Waals surface area (Å²) in [6.07, 6.45) is -3.98. The molecule has 1 aromatic carbocycles. The van der Waals surface area contributed by atoms with Crippen LogP contribution >= 0.6 is 0 Å². The number of aromatic nitrogens is 1. The smallest absolute Gasteiger partial charge is 0.422 e. The van der Waals surface area contributed by atoms with Gasteiger partial charge in [0.15, 0.2) is 12.7 Å². The van der Waals surface area contributed by atoms with Crippen LogP contribution in [0.5, 0.6) is 11.6 Å². The van der Waals surface area contributed by atoms with Crippen molar-refractivity contribution in [1.82, 2.24) is 4.98 Å². The number of amides is 2. The molecular formula is C17H14F3N3O4. The van der Waals surface area contributed by atoms with E-state index in [4.69, 9.17) is 4.74 Å². The number of hydrogen-bond acceptors (Lipinski definition) is 5. The van der Waals surface area contributed by atoms with Crippen LogP contribution in [0.15, 0.2) is 36.5 Å². The van der Waals surface area contributed by atoms with Crippen LogP contribution in [0.3, 0.4) is 0 Å². The first-order valence-corrected chi connectivity index (χ1v) is 7.80. The maximum atomic E-state index is 12.4. The van der Waals surface area contributed by atoms with Gasteiger partial charge in [-0.15, -0.1) is 0 Å². The molecule has 1 atom stereocenters. The summed E-state index contributed by atoms with van der Waals surface area (Å²) < 4.78 is 47.0. The van der Waals surface area contributed by atoms with E-state index in [9.17, 15) is 22.8 Å². The van der Waals surface area contributed by atoms with Gasteiger partial charge in [0.2, 0.25) is 5.88 Å². The maximum absolute atomic E-state index is 12.4. The molecule has 2 N–H and O–H groups in total. The zero-order chi connectivity index (χ0) is 19.6. The van der Waals surface area contributed by atoms with Crippen LogP contribution in [-0.2, 0) is 4.79 Å². The normalized spacial score (nSPS) is 16.0. The SMILES string of the molecule is C[C@@H]1Oc2ccc(NC(=O)c3cccnc3OCC(F)(F)F)cc2NC1=O. The van der Waals surface area contributed by atoms with Crippen molar-refractivity contribution in [2.45, 2.75) is 19.2 Å². The molecule has 0 radical (unpaired) electrons. The van der Waals surface area contributed by atoms with Crippen molar-refractivity contribution in [3.63, 3.8) is 0 Å². The molecule has 27 heavy (non-hydrogen) atoms. The first-order chi connectivity index (χ1) is 12.7. The lowest BCUT2D eigenvalue weighted by atomic mass is 10.2. The Kier molecular flexibility index (Phi) is 4.89. The molecule has 0 aliphatic carbocycles. The molecule has 0 saturated carbocycles. The summed E-state index contributed by atoms with van der Waals surface area (Å²) >= 11 is 0. The molecule has 142 valence electrons. The lowest BCUT2D eigenvalue weighted by molar-refractivity contribution is -0.154. The average molecular weight is 381 g/mol. The third-order valence-corrected chi connectivity index (χ3v) is 3.56. The molecule has 0 spiro atoms. The first kappa shape index (κ1) is 18.5. The Balaban J connectivity index is 1.77. The summed E-state index contributed by atoms with van der Waals surface area (Å²) in [7, 11) is 0. The van der Waals surface area contributed by atoms with Gasteiger partial charge in [0.05, 0.1) is 5.69 Å². The number of ether oxygens (including phenoxy) is 2. The standard InChI is InChI=1S/C17H14F3N3O4/c1-9-14(24)23-12-7-10(4-5-13(12)27-9)22-15(25)11-3-2-6-21-16(11)26-8-17(18,19)20/h2-7,9H,8H2,1H3,(H,22,25)(H,23,24)/t9-/m0/s1. The fourth-order valence-corrected chi connectivity index (χ4v) is 2.31. The van der Waals surface area contributed by atoms with Gasteiger partial charge in [-0.25, -0.2) is 4.98 Å². The molecule has 1 aliphatic rings. The van der Waals surface area contributed by atoms with E-state index in [1.165, 1.54) is 30.5 Å². The Bertz CT molecular complexity index is 886. The van der Waals surface area contributed by atoms with E-state index in [1.807, 2.05) is 0 Å². The van der Waals surface area contributed by atoms with Crippen molar-refractivity contribution in [2.75, 3.05) is 17.2 Å². The van der Waals surface area contributed by atoms with E-state index in [0.717, 1.165) is 0 Å². The van der Waals surface area contributed by atoms with Crippen LogP contribution in [0.2, 0.25) is 0 Å². The number of carbonyl (C=O) groups excluding carboxylic acids is 2. The highest BCUT2D eigenvalue weighted by molar-refractivity contribution is 6.06. The molecule has 1 aliphatic heterocycles. The number of halogens is 3. The summed E-state index contributed by atoms with van der Waals surface area (Å²) in [4.78, 5) is 27.8. The Morgan fingerprint density at radius 2 is 2.15 bits per heavy atom. The van der Waals surface area contributed by atoms with Gasteiger partial charge in [0.25, 0.3) is 11.8 Å². The molecule has 1 aromatic heterocycles. The van der Waals surface area contributed by atoms with Crippen molar-refractivity contribution in [1.29, 1.82) is 0 Å². The number of nitrogens with zero attached hydrogens (tertiary/aromatic N) is 1. The molecule has 0 fully saturated rings. The van der Waals surface area contributed by atoms with Gasteiger partial charge in [-0.05, 0) is 37.3 Å². The number of anilines is 2. The largest absolute Gasteiger partial charge is 0.479 e.